The number of aliphatic hydroxyl groups excluding tert-OH is 1. The lowest BCUT2D eigenvalue weighted by Crippen LogP contribution is -2.44. The molecule has 0 saturated carbocycles. The smallest absolute Gasteiger partial charge is 0.331 e. The van der Waals surface area contributed by atoms with Crippen LogP contribution in [0.25, 0.3) is 0 Å². The lowest BCUT2D eigenvalue weighted by Gasteiger charge is -2.12. The van der Waals surface area contributed by atoms with E-state index in [0.717, 1.165) is 15.3 Å². The molecule has 0 spiro atoms. The SMILES string of the molecule is CC(C)Cn1c(=O)c(C(N)=O)cn(Cc2nnn(CCO)n2)c1=O. The molecule has 2 heterocycles. The minimum atomic E-state index is -0.914. The van der Waals surface area contributed by atoms with Crippen molar-refractivity contribution >= 4 is 5.91 Å². The molecule has 24 heavy (non-hydrogen) atoms. The second-order valence-corrected chi connectivity index (χ2v) is 5.65. The van der Waals surface area contributed by atoms with Crippen LogP contribution in [0.3, 0.4) is 0 Å². The summed E-state index contributed by atoms with van der Waals surface area (Å²) in [6, 6.07) is 0. The number of hydrogen-bond acceptors (Lipinski definition) is 7. The highest BCUT2D eigenvalue weighted by atomic mass is 16.3. The Labute approximate surface area is 136 Å². The van der Waals surface area contributed by atoms with Crippen molar-refractivity contribution in [3.63, 3.8) is 0 Å². The summed E-state index contributed by atoms with van der Waals surface area (Å²) < 4.78 is 2.12. The summed E-state index contributed by atoms with van der Waals surface area (Å²) in [5.74, 6) is -0.686. The van der Waals surface area contributed by atoms with Gasteiger partial charge in [-0.3, -0.25) is 18.7 Å². The normalized spacial score (nSPS) is 11.2. The van der Waals surface area contributed by atoms with Crippen molar-refractivity contribution < 1.29 is 9.90 Å². The molecule has 0 fully saturated rings. The average Bonchev–Trinajstić information content (AvgIpc) is 2.93. The number of amides is 1. The number of tetrazole rings is 1. The first-order valence-electron chi connectivity index (χ1n) is 7.35. The third-order valence-corrected chi connectivity index (χ3v) is 3.16. The molecule has 11 nitrogen and oxygen atoms in total. The number of nitrogens with zero attached hydrogens (tertiary/aromatic N) is 6. The highest BCUT2D eigenvalue weighted by molar-refractivity contribution is 5.92. The number of primary amides is 1. The Bertz CT molecular complexity index is 849. The topological polar surface area (TPSA) is 151 Å². The third kappa shape index (κ3) is 3.74. The van der Waals surface area contributed by atoms with Crippen molar-refractivity contribution in [2.75, 3.05) is 6.61 Å². The predicted molar refractivity (Wildman–Crippen MR) is 82.3 cm³/mol. The van der Waals surface area contributed by atoms with Crippen molar-refractivity contribution in [1.29, 1.82) is 0 Å². The summed E-state index contributed by atoms with van der Waals surface area (Å²) in [7, 11) is 0. The molecule has 1 amide bonds. The quantitative estimate of drug-likeness (QED) is 0.581. The van der Waals surface area contributed by atoms with Gasteiger partial charge in [0, 0.05) is 12.7 Å². The van der Waals surface area contributed by atoms with Crippen LogP contribution < -0.4 is 17.0 Å². The molecule has 2 aromatic heterocycles. The molecule has 130 valence electrons. The monoisotopic (exact) mass is 337 g/mol. The number of aromatic nitrogens is 6. The Kier molecular flexibility index (Phi) is 5.24. The summed E-state index contributed by atoms with van der Waals surface area (Å²) in [6.07, 6.45) is 1.11. The summed E-state index contributed by atoms with van der Waals surface area (Å²) >= 11 is 0. The second kappa shape index (κ2) is 7.17. The van der Waals surface area contributed by atoms with E-state index in [-0.39, 0.29) is 43.5 Å². The van der Waals surface area contributed by atoms with Crippen molar-refractivity contribution in [2.24, 2.45) is 11.7 Å². The van der Waals surface area contributed by atoms with Crippen LogP contribution in [0.4, 0.5) is 0 Å². The fourth-order valence-corrected chi connectivity index (χ4v) is 2.14. The van der Waals surface area contributed by atoms with Gasteiger partial charge in [0.15, 0.2) is 5.82 Å². The molecule has 0 unspecified atom stereocenters. The number of rotatable bonds is 7. The van der Waals surface area contributed by atoms with Crippen LogP contribution in [0, 0.1) is 5.92 Å². The largest absolute Gasteiger partial charge is 0.394 e. The maximum Gasteiger partial charge on any atom is 0.331 e. The average molecular weight is 337 g/mol. The number of carbonyl (C=O) groups excluding carboxylic acids is 1. The maximum absolute atomic E-state index is 12.5. The Morgan fingerprint density at radius 2 is 2.08 bits per heavy atom. The van der Waals surface area contributed by atoms with Gasteiger partial charge in [-0.2, -0.15) is 4.80 Å². The summed E-state index contributed by atoms with van der Waals surface area (Å²) in [6.45, 7) is 3.78. The van der Waals surface area contributed by atoms with Crippen LogP contribution in [0.2, 0.25) is 0 Å². The van der Waals surface area contributed by atoms with E-state index in [1.54, 1.807) is 0 Å². The first-order chi connectivity index (χ1) is 11.3. The van der Waals surface area contributed by atoms with Gasteiger partial charge in [-0.25, -0.2) is 4.79 Å². The highest BCUT2D eigenvalue weighted by Crippen LogP contribution is 1.97. The predicted octanol–water partition coefficient (Wildman–Crippen LogP) is -2.21. The van der Waals surface area contributed by atoms with E-state index in [1.165, 1.54) is 4.80 Å². The lowest BCUT2D eigenvalue weighted by molar-refractivity contribution is 0.0997. The first kappa shape index (κ1) is 17.5. The molecule has 0 aliphatic rings. The van der Waals surface area contributed by atoms with E-state index in [1.807, 2.05) is 13.8 Å². The number of aliphatic hydroxyl groups is 1. The number of nitrogens with two attached hydrogens (primary N) is 1. The van der Waals surface area contributed by atoms with Gasteiger partial charge in [0.2, 0.25) is 0 Å². The van der Waals surface area contributed by atoms with Crippen LogP contribution in [0.5, 0.6) is 0 Å². The second-order valence-electron chi connectivity index (χ2n) is 5.65. The maximum atomic E-state index is 12.5. The van der Waals surface area contributed by atoms with Crippen LogP contribution in [-0.4, -0.2) is 47.0 Å². The summed E-state index contributed by atoms with van der Waals surface area (Å²) in [4.78, 5) is 37.4. The van der Waals surface area contributed by atoms with Gasteiger partial charge < -0.3 is 10.8 Å². The van der Waals surface area contributed by atoms with E-state index in [4.69, 9.17) is 10.8 Å². The van der Waals surface area contributed by atoms with Crippen LogP contribution in [0.1, 0.15) is 30.0 Å². The summed E-state index contributed by atoms with van der Waals surface area (Å²) in [5.41, 5.74) is 3.65. The molecule has 0 atom stereocenters. The van der Waals surface area contributed by atoms with Gasteiger partial charge >= 0.3 is 5.69 Å². The molecular weight excluding hydrogens is 318 g/mol. The highest BCUT2D eigenvalue weighted by Gasteiger charge is 2.17. The van der Waals surface area contributed by atoms with E-state index in [9.17, 15) is 14.4 Å². The van der Waals surface area contributed by atoms with Gasteiger partial charge in [0.25, 0.3) is 11.5 Å². The minimum Gasteiger partial charge on any atom is -0.394 e. The molecule has 0 bridgehead atoms. The Hall–Kier alpha value is -2.82. The molecule has 0 aliphatic heterocycles. The van der Waals surface area contributed by atoms with E-state index in [2.05, 4.69) is 15.4 Å². The molecule has 2 aromatic rings. The molecule has 0 aromatic carbocycles. The number of hydrogen-bond donors (Lipinski definition) is 2. The molecule has 11 heteroatoms. The van der Waals surface area contributed by atoms with Crippen molar-refractivity contribution in [2.45, 2.75) is 33.5 Å². The fraction of sp³-hybridized carbons (Fsp3) is 0.538. The van der Waals surface area contributed by atoms with Gasteiger partial charge in [-0.05, 0) is 11.1 Å². The van der Waals surface area contributed by atoms with Crippen molar-refractivity contribution in [3.05, 3.63) is 38.4 Å². The van der Waals surface area contributed by atoms with Crippen LogP contribution in [0.15, 0.2) is 15.8 Å². The van der Waals surface area contributed by atoms with Crippen molar-refractivity contribution in [3.8, 4) is 0 Å². The minimum absolute atomic E-state index is 0.0236. The zero-order chi connectivity index (χ0) is 17.9. The molecular formula is C13H19N7O4. The van der Waals surface area contributed by atoms with Crippen LogP contribution in [-0.2, 0) is 19.6 Å². The Morgan fingerprint density at radius 3 is 2.67 bits per heavy atom. The third-order valence-electron chi connectivity index (χ3n) is 3.16. The zero-order valence-electron chi connectivity index (χ0n) is 13.4. The fourth-order valence-electron chi connectivity index (χ4n) is 2.14. The molecule has 0 saturated heterocycles. The van der Waals surface area contributed by atoms with Crippen molar-refractivity contribution in [1.82, 2.24) is 29.3 Å². The Balaban J connectivity index is 2.48. The zero-order valence-corrected chi connectivity index (χ0v) is 13.4. The van der Waals surface area contributed by atoms with Gasteiger partial charge in [-0.15, -0.1) is 10.2 Å². The lowest BCUT2D eigenvalue weighted by atomic mass is 10.2. The van der Waals surface area contributed by atoms with E-state index < -0.39 is 17.2 Å². The number of carbonyl (C=O) groups is 1. The van der Waals surface area contributed by atoms with Gasteiger partial charge in [0.05, 0.1) is 19.7 Å². The van der Waals surface area contributed by atoms with Crippen LogP contribution >= 0.6 is 0 Å². The standard InChI is InChI=1S/C13H19N7O4/c1-8(2)5-19-12(23)9(11(14)22)6-18(13(19)24)7-10-15-17-20(16-10)3-4-21/h6,8,21H,3-5,7H2,1-2H3,(H2,14,22). The van der Waals surface area contributed by atoms with E-state index in [0.29, 0.717) is 0 Å². The van der Waals surface area contributed by atoms with E-state index >= 15 is 0 Å². The van der Waals surface area contributed by atoms with Gasteiger partial charge in [-0.1, -0.05) is 13.8 Å². The molecule has 2 rings (SSSR count). The Morgan fingerprint density at radius 1 is 1.38 bits per heavy atom. The van der Waals surface area contributed by atoms with Gasteiger partial charge in [0.1, 0.15) is 5.56 Å². The molecule has 0 aliphatic carbocycles. The summed E-state index contributed by atoms with van der Waals surface area (Å²) in [5, 5.41) is 20.3. The first-order valence-corrected chi connectivity index (χ1v) is 7.35. The molecule has 3 N–H and O–H groups in total. The molecule has 0 radical (unpaired) electrons.